The number of hydrogen-bond acceptors (Lipinski definition) is 3. The van der Waals surface area contributed by atoms with Crippen molar-refractivity contribution < 1.29 is 18.3 Å². The van der Waals surface area contributed by atoms with Crippen LogP contribution < -0.4 is 10.5 Å². The first kappa shape index (κ1) is 12.1. The number of nitrogens with two attached hydrogens (primary N) is 1. The van der Waals surface area contributed by atoms with Gasteiger partial charge in [-0.25, -0.2) is 8.78 Å². The summed E-state index contributed by atoms with van der Waals surface area (Å²) < 4.78 is 31.2. The summed E-state index contributed by atoms with van der Waals surface area (Å²) in [6.07, 6.45) is 0. The average molecular weight is 280 g/mol. The minimum Gasteiger partial charge on any atom is -0.491 e. The fourth-order valence-electron chi connectivity index (χ4n) is 1.07. The van der Waals surface area contributed by atoms with Crippen molar-refractivity contribution in [1.29, 1.82) is 0 Å². The van der Waals surface area contributed by atoms with Gasteiger partial charge in [0.1, 0.15) is 0 Å². The number of ether oxygens (including phenoxy) is 1. The third-order valence-corrected chi connectivity index (χ3v) is 2.38. The normalized spacial score (nSPS) is 10.2. The van der Waals surface area contributed by atoms with Crippen LogP contribution in [0.5, 0.6) is 5.75 Å². The zero-order chi connectivity index (χ0) is 11.6. The maximum absolute atomic E-state index is 13.5. The van der Waals surface area contributed by atoms with Crippen LogP contribution in [0.2, 0.25) is 0 Å². The Morgan fingerprint density at radius 2 is 2.13 bits per heavy atom. The van der Waals surface area contributed by atoms with E-state index < -0.39 is 23.2 Å². The molecule has 0 aliphatic heterocycles. The lowest BCUT2D eigenvalue weighted by Crippen LogP contribution is -2.16. The third kappa shape index (κ3) is 2.15. The molecule has 1 rings (SSSR count). The number of halogens is 3. The molecule has 15 heavy (non-hydrogen) atoms. The Labute approximate surface area is 93.3 Å². The highest BCUT2D eigenvalue weighted by Gasteiger charge is 2.21. The van der Waals surface area contributed by atoms with Crippen molar-refractivity contribution in [3.63, 3.8) is 0 Å². The van der Waals surface area contributed by atoms with E-state index in [2.05, 4.69) is 20.7 Å². The molecular formula is C9H8BrF2NO2. The zero-order valence-corrected chi connectivity index (χ0v) is 9.40. The third-order valence-electron chi connectivity index (χ3n) is 1.81. The highest BCUT2D eigenvalue weighted by Crippen LogP contribution is 2.30. The van der Waals surface area contributed by atoms with E-state index in [-0.39, 0.29) is 16.6 Å². The van der Waals surface area contributed by atoms with Crippen LogP contribution in [-0.2, 0) is 0 Å². The Morgan fingerprint density at radius 1 is 1.53 bits per heavy atom. The molecule has 0 saturated heterocycles. The highest BCUT2D eigenvalue weighted by molar-refractivity contribution is 9.10. The van der Waals surface area contributed by atoms with Gasteiger partial charge in [-0.05, 0) is 22.0 Å². The van der Waals surface area contributed by atoms with Gasteiger partial charge < -0.3 is 10.5 Å². The Bertz CT molecular complexity index is 410. The molecule has 1 aromatic carbocycles. The Hall–Kier alpha value is -1.01. The summed E-state index contributed by atoms with van der Waals surface area (Å²) in [6.45, 7) is -0.349. The van der Waals surface area contributed by atoms with Crippen LogP contribution in [0, 0.1) is 11.6 Å². The predicted octanol–water partition coefficient (Wildman–Crippen LogP) is 1.88. The summed E-state index contributed by atoms with van der Waals surface area (Å²) in [5.74, 6) is -3.13. The number of methoxy groups -OCH3 is 1. The lowest BCUT2D eigenvalue weighted by atomic mass is 10.1. The van der Waals surface area contributed by atoms with Gasteiger partial charge in [0.2, 0.25) is 0 Å². The molecular weight excluding hydrogens is 272 g/mol. The van der Waals surface area contributed by atoms with Gasteiger partial charge in [0.15, 0.2) is 23.2 Å². The van der Waals surface area contributed by atoms with Crippen molar-refractivity contribution in [2.45, 2.75) is 0 Å². The van der Waals surface area contributed by atoms with Crippen LogP contribution in [0.25, 0.3) is 0 Å². The van der Waals surface area contributed by atoms with Crippen LogP contribution in [0.15, 0.2) is 10.5 Å². The van der Waals surface area contributed by atoms with Crippen LogP contribution in [0.4, 0.5) is 8.78 Å². The van der Waals surface area contributed by atoms with Gasteiger partial charge in [-0.15, -0.1) is 0 Å². The molecule has 0 aromatic heterocycles. The molecule has 0 atom stereocenters. The Morgan fingerprint density at radius 3 is 2.60 bits per heavy atom. The minimum atomic E-state index is -1.03. The minimum absolute atomic E-state index is 0.0439. The molecule has 82 valence electrons. The second kappa shape index (κ2) is 4.67. The second-order valence-corrected chi connectivity index (χ2v) is 3.55. The lowest BCUT2D eigenvalue weighted by Gasteiger charge is -2.08. The lowest BCUT2D eigenvalue weighted by molar-refractivity contribution is 0.0996. The summed E-state index contributed by atoms with van der Waals surface area (Å²) in [5, 5.41) is 0. The van der Waals surface area contributed by atoms with Crippen LogP contribution >= 0.6 is 15.9 Å². The fourth-order valence-corrected chi connectivity index (χ4v) is 1.48. The van der Waals surface area contributed by atoms with E-state index in [0.717, 1.165) is 13.2 Å². The van der Waals surface area contributed by atoms with Gasteiger partial charge in [0.25, 0.3) is 0 Å². The van der Waals surface area contributed by atoms with E-state index >= 15 is 0 Å². The topological polar surface area (TPSA) is 52.3 Å². The number of rotatable bonds is 3. The van der Waals surface area contributed by atoms with Crippen LogP contribution in [0.1, 0.15) is 10.4 Å². The van der Waals surface area contributed by atoms with E-state index in [1.807, 2.05) is 0 Å². The van der Waals surface area contributed by atoms with Crippen molar-refractivity contribution in [3.8, 4) is 5.75 Å². The first-order valence-electron chi connectivity index (χ1n) is 3.97. The zero-order valence-electron chi connectivity index (χ0n) is 7.81. The molecule has 3 nitrogen and oxygen atoms in total. The molecule has 0 saturated carbocycles. The molecule has 0 unspecified atom stereocenters. The molecule has 0 radical (unpaired) electrons. The van der Waals surface area contributed by atoms with Gasteiger partial charge in [-0.1, -0.05) is 0 Å². The van der Waals surface area contributed by atoms with E-state index in [1.165, 1.54) is 0 Å². The van der Waals surface area contributed by atoms with E-state index in [0.29, 0.717) is 0 Å². The molecule has 2 N–H and O–H groups in total. The molecule has 0 fully saturated rings. The molecule has 1 aromatic rings. The largest absolute Gasteiger partial charge is 0.491 e. The maximum atomic E-state index is 13.5. The Kier molecular flexibility index (Phi) is 3.76. The van der Waals surface area contributed by atoms with Gasteiger partial charge in [-0.3, -0.25) is 4.79 Å². The molecule has 0 spiro atoms. The molecule has 0 aliphatic rings. The van der Waals surface area contributed by atoms with Crippen molar-refractivity contribution in [3.05, 3.63) is 27.7 Å². The number of benzene rings is 1. The standard InChI is InChI=1S/C9H8BrF2NO2/c1-15-9-7(11)4(6(14)3-13)2-5(10)8(9)12/h2H,3,13H2,1H3. The summed E-state index contributed by atoms with van der Waals surface area (Å²) in [5.41, 5.74) is 4.80. The number of hydrogen-bond donors (Lipinski definition) is 1. The maximum Gasteiger partial charge on any atom is 0.192 e. The van der Waals surface area contributed by atoms with Gasteiger partial charge in [-0.2, -0.15) is 0 Å². The SMILES string of the molecule is COc1c(F)c(Br)cc(C(=O)CN)c1F. The van der Waals surface area contributed by atoms with Gasteiger partial charge in [0.05, 0.1) is 23.7 Å². The number of carbonyl (C=O) groups excluding carboxylic acids is 1. The van der Waals surface area contributed by atoms with Gasteiger partial charge >= 0.3 is 0 Å². The summed E-state index contributed by atoms with van der Waals surface area (Å²) in [4.78, 5) is 11.2. The number of ketones is 1. The van der Waals surface area contributed by atoms with Gasteiger partial charge in [0, 0.05) is 0 Å². The average Bonchev–Trinajstić information content (AvgIpc) is 2.23. The monoisotopic (exact) mass is 279 g/mol. The van der Waals surface area contributed by atoms with E-state index in [4.69, 9.17) is 5.73 Å². The second-order valence-electron chi connectivity index (χ2n) is 2.69. The quantitative estimate of drug-likeness (QED) is 0.679. The fraction of sp³-hybridized carbons (Fsp3) is 0.222. The predicted molar refractivity (Wildman–Crippen MR) is 54.0 cm³/mol. The first-order chi connectivity index (χ1) is 7.02. The summed E-state index contributed by atoms with van der Waals surface area (Å²) >= 11 is 2.85. The molecule has 0 heterocycles. The van der Waals surface area contributed by atoms with Crippen molar-refractivity contribution in [1.82, 2.24) is 0 Å². The smallest absolute Gasteiger partial charge is 0.192 e. The molecule has 0 amide bonds. The first-order valence-corrected chi connectivity index (χ1v) is 4.77. The van der Waals surface area contributed by atoms with Crippen LogP contribution in [-0.4, -0.2) is 19.4 Å². The molecule has 0 bridgehead atoms. The number of carbonyl (C=O) groups is 1. The Balaban J connectivity index is 3.43. The van der Waals surface area contributed by atoms with Crippen molar-refractivity contribution in [2.24, 2.45) is 5.73 Å². The van der Waals surface area contributed by atoms with Crippen LogP contribution in [0.3, 0.4) is 0 Å². The molecule has 6 heteroatoms. The van der Waals surface area contributed by atoms with Crippen molar-refractivity contribution >= 4 is 21.7 Å². The summed E-state index contributed by atoms with van der Waals surface area (Å²) in [7, 11) is 1.12. The van der Waals surface area contributed by atoms with Crippen molar-refractivity contribution in [2.75, 3.05) is 13.7 Å². The molecule has 0 aliphatic carbocycles. The summed E-state index contributed by atoms with van der Waals surface area (Å²) in [6, 6.07) is 1.04. The van der Waals surface area contributed by atoms with E-state index in [1.54, 1.807) is 0 Å². The van der Waals surface area contributed by atoms with E-state index in [9.17, 15) is 13.6 Å². The number of Topliss-reactive ketones (excluding diaryl/α,β-unsaturated/α-hetero) is 1. The highest BCUT2D eigenvalue weighted by atomic mass is 79.9.